The number of hydrogen-bond donors (Lipinski definition) is 2. The van der Waals surface area contributed by atoms with Crippen LogP contribution in [0, 0.1) is 5.92 Å². The molecule has 2 amide bonds. The molecule has 0 spiro atoms. The molecular weight excluding hydrogens is 334 g/mol. The summed E-state index contributed by atoms with van der Waals surface area (Å²) in [4.78, 5) is 26.2. The minimum Gasteiger partial charge on any atom is -0.355 e. The molecule has 5 nitrogen and oxygen atoms in total. The standard InChI is InChI=1S/C15H20BrN3O2/c16-12-5-1-2-6-13(12)19-10-7-11(15(19)21)14(20)18-9-4-3-8-17/h1-2,5-6,11H,3-4,7-10,17H2,(H,18,20). The molecule has 114 valence electrons. The van der Waals surface area contributed by atoms with Crippen LogP contribution >= 0.6 is 15.9 Å². The molecule has 1 aromatic rings. The Labute approximate surface area is 133 Å². The third-order valence-corrected chi connectivity index (χ3v) is 4.27. The highest BCUT2D eigenvalue weighted by molar-refractivity contribution is 9.10. The molecule has 1 heterocycles. The first-order chi connectivity index (χ1) is 10.1. The van der Waals surface area contributed by atoms with Crippen LogP contribution in [-0.2, 0) is 9.59 Å². The first kappa shape index (κ1) is 16.0. The van der Waals surface area contributed by atoms with Crippen molar-refractivity contribution < 1.29 is 9.59 Å². The molecule has 0 bridgehead atoms. The van der Waals surface area contributed by atoms with Crippen LogP contribution < -0.4 is 16.0 Å². The third-order valence-electron chi connectivity index (χ3n) is 3.60. The lowest BCUT2D eigenvalue weighted by Gasteiger charge is -2.18. The molecule has 1 aliphatic rings. The molecular formula is C15H20BrN3O2. The summed E-state index contributed by atoms with van der Waals surface area (Å²) in [5.74, 6) is -0.875. The zero-order valence-corrected chi connectivity index (χ0v) is 13.4. The molecule has 21 heavy (non-hydrogen) atoms. The summed E-state index contributed by atoms with van der Waals surface area (Å²) in [6.45, 7) is 1.77. The number of para-hydroxylation sites is 1. The number of anilines is 1. The molecule has 1 aliphatic heterocycles. The van der Waals surface area contributed by atoms with Crippen LogP contribution in [0.25, 0.3) is 0 Å². The predicted octanol–water partition coefficient (Wildman–Crippen LogP) is 1.66. The Morgan fingerprint density at radius 2 is 2.14 bits per heavy atom. The number of nitrogens with zero attached hydrogens (tertiary/aromatic N) is 1. The molecule has 3 N–H and O–H groups in total. The first-order valence-electron chi connectivity index (χ1n) is 7.19. The maximum atomic E-state index is 12.4. The van der Waals surface area contributed by atoms with Gasteiger partial charge in [0.25, 0.3) is 0 Å². The summed E-state index contributed by atoms with van der Waals surface area (Å²) < 4.78 is 0.863. The van der Waals surface area contributed by atoms with Gasteiger partial charge in [-0.25, -0.2) is 0 Å². The van der Waals surface area contributed by atoms with E-state index in [0.29, 0.717) is 26.1 Å². The van der Waals surface area contributed by atoms with Crippen molar-refractivity contribution in [2.45, 2.75) is 19.3 Å². The van der Waals surface area contributed by atoms with E-state index in [1.165, 1.54) is 0 Å². The zero-order valence-electron chi connectivity index (χ0n) is 11.8. The van der Waals surface area contributed by atoms with Crippen LogP contribution in [0.4, 0.5) is 5.69 Å². The van der Waals surface area contributed by atoms with E-state index in [1.54, 1.807) is 4.90 Å². The molecule has 1 unspecified atom stereocenters. The van der Waals surface area contributed by atoms with E-state index in [4.69, 9.17) is 5.73 Å². The smallest absolute Gasteiger partial charge is 0.239 e. The second-order valence-electron chi connectivity index (χ2n) is 5.07. The van der Waals surface area contributed by atoms with Crippen molar-refractivity contribution in [1.29, 1.82) is 0 Å². The molecule has 1 saturated heterocycles. The SMILES string of the molecule is NCCCCNC(=O)C1CCN(c2ccccc2Br)C1=O. The lowest BCUT2D eigenvalue weighted by atomic mass is 10.1. The van der Waals surface area contributed by atoms with Gasteiger partial charge in [0.15, 0.2) is 0 Å². The average molecular weight is 354 g/mol. The van der Waals surface area contributed by atoms with Crippen LogP contribution in [0.2, 0.25) is 0 Å². The summed E-state index contributed by atoms with van der Waals surface area (Å²) in [6, 6.07) is 7.55. The number of hydrogen-bond acceptors (Lipinski definition) is 3. The number of halogens is 1. The van der Waals surface area contributed by atoms with Gasteiger partial charge in [0.1, 0.15) is 5.92 Å². The number of nitrogens with two attached hydrogens (primary N) is 1. The maximum Gasteiger partial charge on any atom is 0.239 e. The fourth-order valence-corrected chi connectivity index (χ4v) is 2.94. The van der Waals surface area contributed by atoms with Crippen LogP contribution in [0.15, 0.2) is 28.7 Å². The Morgan fingerprint density at radius 1 is 1.38 bits per heavy atom. The molecule has 0 saturated carbocycles. The van der Waals surface area contributed by atoms with E-state index in [0.717, 1.165) is 23.0 Å². The molecule has 1 aromatic carbocycles. The summed E-state index contributed by atoms with van der Waals surface area (Å²) in [5.41, 5.74) is 6.23. The van der Waals surface area contributed by atoms with E-state index in [-0.39, 0.29) is 11.8 Å². The number of nitrogens with one attached hydrogen (secondary N) is 1. The van der Waals surface area contributed by atoms with Crippen molar-refractivity contribution in [2.75, 3.05) is 24.5 Å². The molecule has 1 fully saturated rings. The number of carbonyl (C=O) groups excluding carboxylic acids is 2. The largest absolute Gasteiger partial charge is 0.355 e. The Balaban J connectivity index is 1.95. The number of rotatable bonds is 6. The van der Waals surface area contributed by atoms with Gasteiger partial charge >= 0.3 is 0 Å². The molecule has 6 heteroatoms. The van der Waals surface area contributed by atoms with Gasteiger partial charge in [-0.15, -0.1) is 0 Å². The van der Waals surface area contributed by atoms with E-state index < -0.39 is 5.92 Å². The molecule has 2 rings (SSSR count). The summed E-state index contributed by atoms with van der Waals surface area (Å²) in [6.07, 6.45) is 2.28. The van der Waals surface area contributed by atoms with Gasteiger partial charge in [0.05, 0.1) is 5.69 Å². The van der Waals surface area contributed by atoms with E-state index in [9.17, 15) is 9.59 Å². The van der Waals surface area contributed by atoms with Crippen molar-refractivity contribution in [3.05, 3.63) is 28.7 Å². The van der Waals surface area contributed by atoms with Crippen molar-refractivity contribution in [1.82, 2.24) is 5.32 Å². The normalized spacial score (nSPS) is 18.1. The molecule has 1 atom stereocenters. The third kappa shape index (κ3) is 3.83. The Kier molecular flexibility index (Phi) is 5.76. The monoisotopic (exact) mass is 353 g/mol. The Bertz CT molecular complexity index is 521. The second-order valence-corrected chi connectivity index (χ2v) is 5.92. The van der Waals surface area contributed by atoms with Crippen LogP contribution in [0.5, 0.6) is 0 Å². The van der Waals surface area contributed by atoms with E-state index >= 15 is 0 Å². The predicted molar refractivity (Wildman–Crippen MR) is 85.9 cm³/mol. The number of benzene rings is 1. The zero-order chi connectivity index (χ0) is 15.2. The van der Waals surface area contributed by atoms with Gasteiger partial charge in [-0.2, -0.15) is 0 Å². The minimum atomic E-state index is -0.574. The van der Waals surface area contributed by atoms with E-state index in [2.05, 4.69) is 21.2 Å². The van der Waals surface area contributed by atoms with Crippen LogP contribution in [0.3, 0.4) is 0 Å². The Morgan fingerprint density at radius 3 is 2.86 bits per heavy atom. The second kappa shape index (κ2) is 7.56. The highest BCUT2D eigenvalue weighted by atomic mass is 79.9. The Hall–Kier alpha value is -1.40. The summed E-state index contributed by atoms with van der Waals surface area (Å²) in [7, 11) is 0. The van der Waals surface area contributed by atoms with Crippen LogP contribution in [0.1, 0.15) is 19.3 Å². The fourth-order valence-electron chi connectivity index (χ4n) is 2.44. The lowest BCUT2D eigenvalue weighted by Crippen LogP contribution is -2.37. The van der Waals surface area contributed by atoms with Gasteiger partial charge in [0, 0.05) is 17.6 Å². The topological polar surface area (TPSA) is 75.4 Å². The fraction of sp³-hybridized carbons (Fsp3) is 0.467. The number of amides is 2. The number of unbranched alkanes of at least 4 members (excludes halogenated alkanes) is 1. The van der Waals surface area contributed by atoms with Gasteiger partial charge in [-0.1, -0.05) is 12.1 Å². The van der Waals surface area contributed by atoms with E-state index in [1.807, 2.05) is 24.3 Å². The average Bonchev–Trinajstić information content (AvgIpc) is 2.86. The highest BCUT2D eigenvalue weighted by Crippen LogP contribution is 2.31. The van der Waals surface area contributed by atoms with Gasteiger partial charge in [-0.3, -0.25) is 9.59 Å². The maximum absolute atomic E-state index is 12.4. The molecule has 0 aliphatic carbocycles. The van der Waals surface area contributed by atoms with Crippen molar-refractivity contribution >= 4 is 33.4 Å². The van der Waals surface area contributed by atoms with Crippen LogP contribution in [-0.4, -0.2) is 31.4 Å². The van der Waals surface area contributed by atoms with Crippen molar-refractivity contribution in [3.8, 4) is 0 Å². The number of carbonyl (C=O) groups is 2. The van der Waals surface area contributed by atoms with Gasteiger partial charge in [-0.05, 0) is 53.9 Å². The van der Waals surface area contributed by atoms with Gasteiger partial charge in [0.2, 0.25) is 11.8 Å². The minimum absolute atomic E-state index is 0.127. The summed E-state index contributed by atoms with van der Waals surface area (Å²) >= 11 is 3.44. The molecule has 0 aromatic heterocycles. The lowest BCUT2D eigenvalue weighted by molar-refractivity contribution is -0.132. The van der Waals surface area contributed by atoms with Crippen molar-refractivity contribution in [3.63, 3.8) is 0 Å². The quantitative estimate of drug-likeness (QED) is 0.603. The molecule has 0 radical (unpaired) electrons. The highest BCUT2D eigenvalue weighted by Gasteiger charge is 2.37. The van der Waals surface area contributed by atoms with Crippen molar-refractivity contribution in [2.24, 2.45) is 11.7 Å². The first-order valence-corrected chi connectivity index (χ1v) is 7.98. The summed E-state index contributed by atoms with van der Waals surface area (Å²) in [5, 5.41) is 2.82. The van der Waals surface area contributed by atoms with Gasteiger partial charge < -0.3 is 16.0 Å².